The van der Waals surface area contributed by atoms with Gasteiger partial charge in [-0.3, -0.25) is 9.52 Å². The van der Waals surface area contributed by atoms with Crippen LogP contribution in [0.5, 0.6) is 0 Å². The zero-order valence-electron chi connectivity index (χ0n) is 15.0. The van der Waals surface area contributed by atoms with Crippen molar-refractivity contribution in [3.8, 4) is 0 Å². The normalized spacial score (nSPS) is 11.4. The van der Waals surface area contributed by atoms with Crippen LogP contribution in [0.25, 0.3) is 0 Å². The second-order valence-electron chi connectivity index (χ2n) is 6.57. The molecule has 0 aliphatic heterocycles. The standard InChI is InChI=1S/C18H22FN3O3S.ClH/c1-18(2,12-20)21-17(23)11-13-3-7-15(8-4-13)22-26(24,25)16-9-5-14(19)6-10-16;/h3-10,22H,11-12,20H2,1-2H3,(H,21,23);1H. The minimum Gasteiger partial charge on any atom is -0.350 e. The molecule has 0 spiro atoms. The van der Waals surface area contributed by atoms with E-state index in [-0.39, 0.29) is 29.6 Å². The molecular weight excluding hydrogens is 393 g/mol. The lowest BCUT2D eigenvalue weighted by molar-refractivity contribution is -0.121. The Morgan fingerprint density at radius 1 is 1.07 bits per heavy atom. The first-order valence-electron chi connectivity index (χ1n) is 8.00. The molecule has 0 aliphatic carbocycles. The average Bonchev–Trinajstić information content (AvgIpc) is 2.56. The first kappa shape index (κ1) is 22.9. The number of nitrogens with one attached hydrogen (secondary N) is 2. The minimum absolute atomic E-state index is 0. The molecule has 0 unspecified atom stereocenters. The molecule has 0 saturated carbocycles. The summed E-state index contributed by atoms with van der Waals surface area (Å²) in [5.41, 5.74) is 6.18. The van der Waals surface area contributed by atoms with Gasteiger partial charge in [0, 0.05) is 17.8 Å². The third kappa shape index (κ3) is 6.82. The second kappa shape index (κ2) is 9.16. The summed E-state index contributed by atoms with van der Waals surface area (Å²) in [7, 11) is -3.80. The Morgan fingerprint density at radius 2 is 1.63 bits per heavy atom. The second-order valence-corrected chi connectivity index (χ2v) is 8.25. The van der Waals surface area contributed by atoms with Gasteiger partial charge in [0.05, 0.1) is 11.3 Å². The first-order valence-corrected chi connectivity index (χ1v) is 9.48. The summed E-state index contributed by atoms with van der Waals surface area (Å²) >= 11 is 0. The van der Waals surface area contributed by atoms with Crippen LogP contribution in [0.2, 0.25) is 0 Å². The fourth-order valence-corrected chi connectivity index (χ4v) is 3.24. The molecule has 4 N–H and O–H groups in total. The highest BCUT2D eigenvalue weighted by molar-refractivity contribution is 7.92. The summed E-state index contributed by atoms with van der Waals surface area (Å²) in [4.78, 5) is 12.0. The Hall–Kier alpha value is -2.16. The van der Waals surface area contributed by atoms with Gasteiger partial charge in [0.15, 0.2) is 0 Å². The lowest BCUT2D eigenvalue weighted by Gasteiger charge is -2.24. The molecule has 2 aromatic rings. The van der Waals surface area contributed by atoms with E-state index in [1.807, 2.05) is 13.8 Å². The monoisotopic (exact) mass is 415 g/mol. The van der Waals surface area contributed by atoms with E-state index < -0.39 is 21.4 Å². The Labute approximate surface area is 164 Å². The molecule has 0 atom stereocenters. The summed E-state index contributed by atoms with van der Waals surface area (Å²) in [5.74, 6) is -0.676. The number of sulfonamides is 1. The molecule has 6 nitrogen and oxygen atoms in total. The molecule has 9 heteroatoms. The lowest BCUT2D eigenvalue weighted by Crippen LogP contribution is -2.49. The van der Waals surface area contributed by atoms with Crippen LogP contribution in [0.15, 0.2) is 53.4 Å². The molecule has 0 heterocycles. The Bertz CT molecular complexity index is 870. The molecule has 2 rings (SSSR count). The number of amides is 1. The number of carbonyl (C=O) groups excluding carboxylic acids is 1. The van der Waals surface area contributed by atoms with Crippen LogP contribution in [0.4, 0.5) is 10.1 Å². The van der Waals surface area contributed by atoms with Crippen molar-refractivity contribution in [2.45, 2.75) is 30.7 Å². The van der Waals surface area contributed by atoms with Crippen LogP contribution in [-0.2, 0) is 21.2 Å². The number of benzene rings is 2. The third-order valence-electron chi connectivity index (χ3n) is 3.68. The zero-order chi connectivity index (χ0) is 19.4. The van der Waals surface area contributed by atoms with Crippen molar-refractivity contribution in [1.82, 2.24) is 5.32 Å². The van der Waals surface area contributed by atoms with Gasteiger partial charge in [-0.25, -0.2) is 12.8 Å². The number of hydrogen-bond donors (Lipinski definition) is 3. The maximum atomic E-state index is 12.9. The first-order chi connectivity index (χ1) is 12.1. The van der Waals surface area contributed by atoms with Crippen LogP contribution in [0, 0.1) is 5.82 Å². The number of carbonyl (C=O) groups is 1. The van der Waals surface area contributed by atoms with Crippen molar-refractivity contribution < 1.29 is 17.6 Å². The summed E-state index contributed by atoms with van der Waals surface area (Å²) in [6.45, 7) is 3.99. The van der Waals surface area contributed by atoms with Crippen molar-refractivity contribution in [3.05, 3.63) is 59.9 Å². The highest BCUT2D eigenvalue weighted by Crippen LogP contribution is 2.17. The van der Waals surface area contributed by atoms with Crippen molar-refractivity contribution in [3.63, 3.8) is 0 Å². The molecule has 0 radical (unpaired) electrons. The molecule has 148 valence electrons. The van der Waals surface area contributed by atoms with E-state index in [4.69, 9.17) is 5.73 Å². The average molecular weight is 416 g/mol. The zero-order valence-corrected chi connectivity index (χ0v) is 16.7. The molecule has 0 bridgehead atoms. The quantitative estimate of drug-likeness (QED) is 0.646. The van der Waals surface area contributed by atoms with Gasteiger partial charge in [-0.15, -0.1) is 12.4 Å². The maximum absolute atomic E-state index is 12.9. The Balaban J connectivity index is 0.00000364. The van der Waals surface area contributed by atoms with E-state index in [1.165, 1.54) is 12.1 Å². The highest BCUT2D eigenvalue weighted by atomic mass is 35.5. The maximum Gasteiger partial charge on any atom is 0.261 e. The van der Waals surface area contributed by atoms with Crippen LogP contribution in [0.1, 0.15) is 19.4 Å². The smallest absolute Gasteiger partial charge is 0.261 e. The summed E-state index contributed by atoms with van der Waals surface area (Å²) in [6.07, 6.45) is 0.161. The van der Waals surface area contributed by atoms with Gasteiger partial charge in [0.25, 0.3) is 10.0 Å². The SMILES string of the molecule is CC(C)(CN)NC(=O)Cc1ccc(NS(=O)(=O)c2ccc(F)cc2)cc1.Cl. The van der Waals surface area contributed by atoms with Crippen LogP contribution in [0.3, 0.4) is 0 Å². The number of hydrogen-bond acceptors (Lipinski definition) is 4. The topological polar surface area (TPSA) is 101 Å². The van der Waals surface area contributed by atoms with Crippen molar-refractivity contribution in [2.75, 3.05) is 11.3 Å². The number of rotatable bonds is 7. The van der Waals surface area contributed by atoms with Gasteiger partial charge < -0.3 is 11.1 Å². The molecule has 0 aliphatic rings. The summed E-state index contributed by atoms with van der Waals surface area (Å²) < 4.78 is 39.8. The third-order valence-corrected chi connectivity index (χ3v) is 5.08. The van der Waals surface area contributed by atoms with Crippen molar-refractivity contribution >= 4 is 34.0 Å². The number of anilines is 1. The van der Waals surface area contributed by atoms with Gasteiger partial charge in [0.1, 0.15) is 5.82 Å². The predicted octanol–water partition coefficient (Wildman–Crippen LogP) is 2.44. The number of halogens is 2. The van der Waals surface area contributed by atoms with E-state index in [9.17, 15) is 17.6 Å². The molecule has 27 heavy (non-hydrogen) atoms. The fourth-order valence-electron chi connectivity index (χ4n) is 2.18. The number of nitrogens with two attached hydrogens (primary N) is 1. The highest BCUT2D eigenvalue weighted by Gasteiger charge is 2.18. The van der Waals surface area contributed by atoms with E-state index in [2.05, 4.69) is 10.0 Å². The Morgan fingerprint density at radius 3 is 2.15 bits per heavy atom. The fraction of sp³-hybridized carbons (Fsp3) is 0.278. The Kier molecular flexibility index (Phi) is 7.77. The van der Waals surface area contributed by atoms with E-state index in [1.54, 1.807) is 24.3 Å². The molecule has 0 aromatic heterocycles. The summed E-state index contributed by atoms with van der Waals surface area (Å²) in [6, 6.07) is 11.0. The van der Waals surface area contributed by atoms with Crippen LogP contribution in [-0.4, -0.2) is 26.4 Å². The van der Waals surface area contributed by atoms with Gasteiger partial charge in [-0.2, -0.15) is 0 Å². The van der Waals surface area contributed by atoms with E-state index in [0.29, 0.717) is 12.2 Å². The summed E-state index contributed by atoms with van der Waals surface area (Å²) in [5, 5.41) is 2.83. The van der Waals surface area contributed by atoms with Crippen molar-refractivity contribution in [1.29, 1.82) is 0 Å². The van der Waals surface area contributed by atoms with Gasteiger partial charge in [0.2, 0.25) is 5.91 Å². The predicted molar refractivity (Wildman–Crippen MR) is 106 cm³/mol. The van der Waals surface area contributed by atoms with Crippen LogP contribution >= 0.6 is 12.4 Å². The van der Waals surface area contributed by atoms with E-state index >= 15 is 0 Å². The van der Waals surface area contributed by atoms with E-state index in [0.717, 1.165) is 17.7 Å². The largest absolute Gasteiger partial charge is 0.350 e. The van der Waals surface area contributed by atoms with Gasteiger partial charge >= 0.3 is 0 Å². The molecule has 0 saturated heterocycles. The molecule has 1 amide bonds. The van der Waals surface area contributed by atoms with Gasteiger partial charge in [-0.05, 0) is 55.8 Å². The lowest BCUT2D eigenvalue weighted by atomic mass is 10.0. The molecule has 0 fully saturated rings. The minimum atomic E-state index is -3.80. The molecular formula is C18H23ClFN3O3S. The molecule has 2 aromatic carbocycles. The van der Waals surface area contributed by atoms with Gasteiger partial charge in [-0.1, -0.05) is 12.1 Å². The van der Waals surface area contributed by atoms with Crippen LogP contribution < -0.4 is 15.8 Å². The van der Waals surface area contributed by atoms with Crippen molar-refractivity contribution in [2.24, 2.45) is 5.73 Å².